The number of allylic oxidation sites excluding steroid dienone is 1. The first-order chi connectivity index (χ1) is 17.4. The Balaban J connectivity index is 1.79. The van der Waals surface area contributed by atoms with E-state index in [4.69, 9.17) is 14.4 Å². The van der Waals surface area contributed by atoms with Gasteiger partial charge in [-0.3, -0.25) is 4.79 Å². The van der Waals surface area contributed by atoms with Crippen molar-refractivity contribution in [1.82, 2.24) is 10.6 Å². The van der Waals surface area contributed by atoms with E-state index in [1.54, 1.807) is 0 Å². The molecule has 1 atom stereocenters. The minimum absolute atomic E-state index is 0.0182. The molecule has 1 aliphatic heterocycles. The van der Waals surface area contributed by atoms with Crippen molar-refractivity contribution in [3.63, 3.8) is 0 Å². The lowest BCUT2D eigenvalue weighted by atomic mass is 9.67. The zero-order valence-corrected chi connectivity index (χ0v) is 23.7. The van der Waals surface area contributed by atoms with Gasteiger partial charge in [0, 0.05) is 18.6 Å². The lowest BCUT2D eigenvalue weighted by Gasteiger charge is -2.37. The summed E-state index contributed by atoms with van der Waals surface area (Å²) in [4.78, 5) is 37.7. The van der Waals surface area contributed by atoms with Crippen molar-refractivity contribution in [2.24, 2.45) is 23.2 Å². The SMILES string of the molecule is CC(C)(C)CC1CC(C2=C(C(=O)ONC3CCCCC3)C(C(CCCO)CC(=O)OC(C)(C)C)=[N+]O2)C1. The van der Waals surface area contributed by atoms with Gasteiger partial charge in [-0.15, -0.1) is 5.48 Å². The fourth-order valence-electron chi connectivity index (χ4n) is 5.73. The number of carbonyl (C=O) groups is 2. The molecular formula is C29H48N2O6+. The van der Waals surface area contributed by atoms with Gasteiger partial charge in [0.2, 0.25) is 5.76 Å². The summed E-state index contributed by atoms with van der Waals surface area (Å²) in [5, 5.41) is 13.8. The third-order valence-corrected chi connectivity index (χ3v) is 7.31. The maximum atomic E-state index is 13.5. The van der Waals surface area contributed by atoms with Crippen LogP contribution >= 0.6 is 0 Å². The minimum Gasteiger partial charge on any atom is -0.460 e. The fraction of sp³-hybridized carbons (Fsp3) is 0.828. The van der Waals surface area contributed by atoms with Crippen molar-refractivity contribution >= 4 is 17.7 Å². The summed E-state index contributed by atoms with van der Waals surface area (Å²) in [5.74, 6) is -0.0423. The highest BCUT2D eigenvalue weighted by Gasteiger charge is 2.50. The molecule has 3 rings (SSSR count). The second-order valence-electron chi connectivity index (χ2n) is 13.3. The number of carbonyl (C=O) groups excluding carboxylic acids is 2. The summed E-state index contributed by atoms with van der Waals surface area (Å²) in [5.41, 5.74) is 3.39. The molecule has 37 heavy (non-hydrogen) atoms. The van der Waals surface area contributed by atoms with Crippen molar-refractivity contribution in [2.75, 3.05) is 6.61 Å². The molecule has 8 heteroatoms. The molecule has 0 spiro atoms. The number of rotatable bonds is 11. The summed E-state index contributed by atoms with van der Waals surface area (Å²) >= 11 is 0. The normalized spacial score (nSPS) is 23.7. The van der Waals surface area contributed by atoms with E-state index in [0.29, 0.717) is 35.8 Å². The van der Waals surface area contributed by atoms with Gasteiger partial charge in [-0.25, -0.2) is 4.79 Å². The van der Waals surface area contributed by atoms with E-state index in [9.17, 15) is 14.7 Å². The number of hydroxylamine groups is 1. The summed E-state index contributed by atoms with van der Waals surface area (Å²) in [7, 11) is 0. The van der Waals surface area contributed by atoms with Crippen molar-refractivity contribution in [1.29, 1.82) is 0 Å². The Labute approximate surface area is 222 Å². The van der Waals surface area contributed by atoms with Crippen molar-refractivity contribution in [3.8, 4) is 0 Å². The number of hydrogen-bond acceptors (Lipinski definition) is 8. The monoisotopic (exact) mass is 520 g/mol. The highest BCUT2D eigenvalue weighted by atomic mass is 16.7. The highest BCUT2D eigenvalue weighted by molar-refractivity contribution is 6.21. The Kier molecular flexibility index (Phi) is 10.2. The van der Waals surface area contributed by atoms with Gasteiger partial charge in [0.05, 0.1) is 12.3 Å². The van der Waals surface area contributed by atoms with E-state index in [0.717, 1.165) is 44.9 Å². The third-order valence-electron chi connectivity index (χ3n) is 7.31. The number of nitrogens with zero attached hydrogens (tertiary/aromatic N) is 1. The van der Waals surface area contributed by atoms with Crippen molar-refractivity contribution in [3.05, 3.63) is 11.3 Å². The molecule has 2 N–H and O–H groups in total. The zero-order chi connectivity index (χ0) is 27.2. The second-order valence-corrected chi connectivity index (χ2v) is 13.3. The molecule has 0 aromatic rings. The predicted molar refractivity (Wildman–Crippen MR) is 142 cm³/mol. The molecule has 0 aromatic heterocycles. The van der Waals surface area contributed by atoms with Gasteiger partial charge < -0.3 is 14.7 Å². The fourth-order valence-corrected chi connectivity index (χ4v) is 5.73. The van der Waals surface area contributed by atoms with Gasteiger partial charge in [-0.2, -0.15) is 4.84 Å². The summed E-state index contributed by atoms with van der Waals surface area (Å²) in [6, 6.07) is 0.149. The molecule has 1 heterocycles. The molecule has 1 radical (unpaired) electrons. The van der Waals surface area contributed by atoms with E-state index in [1.807, 2.05) is 20.8 Å². The maximum absolute atomic E-state index is 13.5. The minimum atomic E-state index is -0.618. The molecule has 1 unspecified atom stereocenters. The Morgan fingerprint density at radius 2 is 1.78 bits per heavy atom. The molecular weight excluding hydrogens is 472 g/mol. The molecule has 8 nitrogen and oxygen atoms in total. The van der Waals surface area contributed by atoms with Gasteiger partial charge >= 0.3 is 22.8 Å². The van der Waals surface area contributed by atoms with Crippen LogP contribution in [0.4, 0.5) is 0 Å². The molecule has 2 saturated carbocycles. The van der Waals surface area contributed by atoms with E-state index in [1.165, 1.54) is 6.42 Å². The molecule has 0 aromatic carbocycles. The van der Waals surface area contributed by atoms with Gasteiger partial charge in [0.1, 0.15) is 5.60 Å². The number of nitrogens with one attached hydrogen (secondary N) is 1. The van der Waals surface area contributed by atoms with Gasteiger partial charge in [0.25, 0.3) is 0 Å². The Hall–Kier alpha value is -1.93. The van der Waals surface area contributed by atoms with Gasteiger partial charge in [-0.1, -0.05) is 40.0 Å². The molecule has 3 aliphatic rings. The topological polar surface area (TPSA) is 108 Å². The van der Waals surface area contributed by atoms with Crippen molar-refractivity contribution < 1.29 is 29.1 Å². The maximum Gasteiger partial charge on any atom is 0.367 e. The first-order valence-electron chi connectivity index (χ1n) is 14.1. The Bertz CT molecular complexity index is 855. The predicted octanol–water partition coefficient (Wildman–Crippen LogP) is 4.93. The first kappa shape index (κ1) is 29.6. The number of esters is 1. The van der Waals surface area contributed by atoms with E-state index < -0.39 is 17.5 Å². The molecule has 0 amide bonds. The van der Waals surface area contributed by atoms with Crippen LogP contribution in [0.5, 0.6) is 0 Å². The zero-order valence-electron chi connectivity index (χ0n) is 23.7. The second kappa shape index (κ2) is 12.7. The third kappa shape index (κ3) is 9.10. The summed E-state index contributed by atoms with van der Waals surface area (Å²) < 4.78 is 5.56. The summed E-state index contributed by atoms with van der Waals surface area (Å²) in [6.07, 6.45) is 9.41. The van der Waals surface area contributed by atoms with Crippen LogP contribution < -0.4 is 10.6 Å². The lowest BCUT2D eigenvalue weighted by molar-refractivity contribution is -0.155. The van der Waals surface area contributed by atoms with Gasteiger partial charge in [-0.05, 0) is 77.0 Å². The van der Waals surface area contributed by atoms with Crippen molar-refractivity contribution in [2.45, 2.75) is 124 Å². The largest absolute Gasteiger partial charge is 0.460 e. The standard InChI is InChI=1S/C29H48N2O6/c1-28(2,3)18-19-15-21(16-19)26-24(27(34)37-30-22-12-8-7-9-13-22)25(31-36-26)20(11-10-14-32)17-23(33)35-29(4,5)6/h19-22,30,32H,7-18H2,1-6H3/q+1. The van der Waals surface area contributed by atoms with Gasteiger partial charge in [0.15, 0.2) is 5.57 Å². The number of aliphatic hydroxyl groups excluding tert-OH is 1. The molecule has 209 valence electrons. The average molecular weight is 521 g/mol. The van der Waals surface area contributed by atoms with Crippen LogP contribution in [0.3, 0.4) is 0 Å². The number of hydrogen-bond donors (Lipinski definition) is 2. The van der Waals surface area contributed by atoms with Crippen LogP contribution in [-0.4, -0.2) is 41.0 Å². The van der Waals surface area contributed by atoms with Crippen LogP contribution in [0, 0.1) is 23.2 Å². The highest BCUT2D eigenvalue weighted by Crippen LogP contribution is 2.46. The number of aliphatic hydroxyl groups is 1. The smallest absolute Gasteiger partial charge is 0.367 e. The molecule has 2 fully saturated rings. The van der Waals surface area contributed by atoms with Crippen LogP contribution in [0.2, 0.25) is 0 Å². The lowest BCUT2D eigenvalue weighted by Crippen LogP contribution is -2.37. The van der Waals surface area contributed by atoms with E-state index in [-0.39, 0.29) is 36.4 Å². The van der Waals surface area contributed by atoms with Crippen LogP contribution in [0.1, 0.15) is 112 Å². The summed E-state index contributed by atoms with van der Waals surface area (Å²) in [6.45, 7) is 12.2. The number of oxime groups is 1. The molecule has 0 bridgehead atoms. The van der Waals surface area contributed by atoms with Crippen LogP contribution in [0.15, 0.2) is 11.3 Å². The van der Waals surface area contributed by atoms with Crippen LogP contribution in [0.25, 0.3) is 0 Å². The van der Waals surface area contributed by atoms with E-state index >= 15 is 0 Å². The average Bonchev–Trinajstić information content (AvgIpc) is 3.20. The Morgan fingerprint density at radius 3 is 2.38 bits per heavy atom. The quantitative estimate of drug-likeness (QED) is 0.294. The van der Waals surface area contributed by atoms with E-state index in [2.05, 4.69) is 31.4 Å². The molecule has 0 saturated heterocycles. The van der Waals surface area contributed by atoms with Crippen LogP contribution in [-0.2, 0) is 24.0 Å². The Morgan fingerprint density at radius 1 is 1.11 bits per heavy atom. The number of ether oxygens (including phenoxy) is 1. The first-order valence-corrected chi connectivity index (χ1v) is 14.1. The molecule has 2 aliphatic carbocycles.